The Bertz CT molecular complexity index is 738. The molecule has 1 atom stereocenters. The van der Waals surface area contributed by atoms with Crippen LogP contribution in [-0.2, 0) is 11.2 Å². The van der Waals surface area contributed by atoms with E-state index in [-0.39, 0.29) is 35.8 Å². The Morgan fingerprint density at radius 3 is 2.71 bits per heavy atom. The highest BCUT2D eigenvalue weighted by atomic mass is 127. The molecule has 0 aliphatic carbocycles. The van der Waals surface area contributed by atoms with Gasteiger partial charge in [0.15, 0.2) is 5.96 Å². The summed E-state index contributed by atoms with van der Waals surface area (Å²) < 4.78 is 0. The normalized spacial score (nSPS) is 16.3. The number of carbonyl (C=O) groups excluding carboxylic acids is 2. The summed E-state index contributed by atoms with van der Waals surface area (Å²) in [5, 5.41) is 6.55. The molecule has 2 N–H and O–H groups in total. The van der Waals surface area contributed by atoms with Gasteiger partial charge in [0.2, 0.25) is 5.91 Å². The first-order valence-electron chi connectivity index (χ1n) is 11.0. The van der Waals surface area contributed by atoms with E-state index in [1.54, 1.807) is 19.0 Å². The second kappa shape index (κ2) is 14.3. The largest absolute Gasteiger partial charge is 0.357 e. The number of nitrogens with one attached hydrogen (secondary N) is 2. The van der Waals surface area contributed by atoms with Crippen LogP contribution in [0, 0.1) is 5.92 Å². The van der Waals surface area contributed by atoms with E-state index in [1.807, 2.05) is 36.1 Å². The van der Waals surface area contributed by atoms with Gasteiger partial charge in [-0.1, -0.05) is 19.1 Å². The number of nitrogens with zero attached hydrogens (tertiary/aromatic N) is 3. The average molecular weight is 543 g/mol. The van der Waals surface area contributed by atoms with Crippen molar-refractivity contribution in [2.45, 2.75) is 39.5 Å². The number of carbonyl (C=O) groups is 2. The highest BCUT2D eigenvalue weighted by Gasteiger charge is 2.20. The molecule has 0 radical (unpaired) electrons. The number of rotatable bonds is 8. The van der Waals surface area contributed by atoms with E-state index in [9.17, 15) is 9.59 Å². The first-order valence-corrected chi connectivity index (χ1v) is 11.0. The van der Waals surface area contributed by atoms with Gasteiger partial charge < -0.3 is 20.4 Å². The first-order chi connectivity index (χ1) is 14.4. The van der Waals surface area contributed by atoms with Crippen molar-refractivity contribution < 1.29 is 9.59 Å². The Morgan fingerprint density at radius 1 is 1.26 bits per heavy atom. The third-order valence-electron chi connectivity index (χ3n) is 5.24. The predicted molar refractivity (Wildman–Crippen MR) is 137 cm³/mol. The fourth-order valence-electron chi connectivity index (χ4n) is 3.62. The highest BCUT2D eigenvalue weighted by Crippen LogP contribution is 2.16. The summed E-state index contributed by atoms with van der Waals surface area (Å²) in [6.07, 6.45) is 3.53. The number of amides is 2. The maximum atomic E-state index is 12.4. The van der Waals surface area contributed by atoms with E-state index in [0.29, 0.717) is 31.0 Å². The molecule has 0 bridgehead atoms. The zero-order valence-electron chi connectivity index (χ0n) is 19.3. The van der Waals surface area contributed by atoms with Crippen LogP contribution in [-0.4, -0.2) is 74.4 Å². The predicted octanol–water partition coefficient (Wildman–Crippen LogP) is 2.75. The van der Waals surface area contributed by atoms with Gasteiger partial charge in [-0.2, -0.15) is 0 Å². The van der Waals surface area contributed by atoms with E-state index < -0.39 is 0 Å². The van der Waals surface area contributed by atoms with E-state index in [0.717, 1.165) is 44.0 Å². The fourth-order valence-corrected chi connectivity index (χ4v) is 3.62. The van der Waals surface area contributed by atoms with Crippen molar-refractivity contribution in [3.63, 3.8) is 0 Å². The Kier molecular flexibility index (Phi) is 12.5. The minimum atomic E-state index is 0. The Hall–Kier alpha value is -1.84. The lowest BCUT2D eigenvalue weighted by Crippen LogP contribution is -2.40. The van der Waals surface area contributed by atoms with Crippen molar-refractivity contribution in [1.29, 1.82) is 0 Å². The van der Waals surface area contributed by atoms with E-state index in [1.165, 1.54) is 6.42 Å². The van der Waals surface area contributed by atoms with Crippen LogP contribution in [0.5, 0.6) is 0 Å². The lowest BCUT2D eigenvalue weighted by molar-refractivity contribution is -0.132. The first kappa shape index (κ1) is 27.2. The second-order valence-corrected chi connectivity index (χ2v) is 8.17. The Balaban J connectivity index is 0.00000480. The lowest BCUT2D eigenvalue weighted by atomic mass is 10.00. The fraction of sp³-hybridized carbons (Fsp3) is 0.609. The molecule has 174 valence electrons. The monoisotopic (exact) mass is 543 g/mol. The molecule has 7 nitrogen and oxygen atoms in total. The number of likely N-dealkylation sites (tertiary alicyclic amines) is 1. The summed E-state index contributed by atoms with van der Waals surface area (Å²) in [5.41, 5.74) is 1.80. The molecule has 2 amide bonds. The third-order valence-corrected chi connectivity index (χ3v) is 5.24. The molecule has 1 saturated heterocycles. The summed E-state index contributed by atoms with van der Waals surface area (Å²) in [6, 6.07) is 7.71. The summed E-state index contributed by atoms with van der Waals surface area (Å²) in [5.74, 6) is 1.52. The number of halogens is 1. The summed E-state index contributed by atoms with van der Waals surface area (Å²) in [4.78, 5) is 32.6. The molecule has 0 spiro atoms. The van der Waals surface area contributed by atoms with Gasteiger partial charge in [-0.15, -0.1) is 24.0 Å². The molecule has 0 aromatic heterocycles. The summed E-state index contributed by atoms with van der Waals surface area (Å²) in [6.45, 7) is 7.91. The van der Waals surface area contributed by atoms with Crippen molar-refractivity contribution >= 4 is 41.8 Å². The molecule has 8 heteroatoms. The molecular weight excluding hydrogens is 505 g/mol. The van der Waals surface area contributed by atoms with Gasteiger partial charge in [-0.05, 0) is 49.8 Å². The molecule has 1 heterocycles. The average Bonchev–Trinajstić information content (AvgIpc) is 2.73. The van der Waals surface area contributed by atoms with Gasteiger partial charge >= 0.3 is 0 Å². The van der Waals surface area contributed by atoms with Crippen LogP contribution in [0.15, 0.2) is 29.3 Å². The van der Waals surface area contributed by atoms with Gasteiger partial charge in [0.25, 0.3) is 5.91 Å². The topological polar surface area (TPSA) is 77.0 Å². The number of benzene rings is 1. The molecule has 1 aromatic carbocycles. The van der Waals surface area contributed by atoms with Crippen LogP contribution < -0.4 is 10.6 Å². The zero-order chi connectivity index (χ0) is 21.9. The molecule has 1 aliphatic heterocycles. The second-order valence-electron chi connectivity index (χ2n) is 8.17. The van der Waals surface area contributed by atoms with Crippen molar-refractivity contribution in [2.24, 2.45) is 10.9 Å². The summed E-state index contributed by atoms with van der Waals surface area (Å²) >= 11 is 0. The summed E-state index contributed by atoms with van der Waals surface area (Å²) in [7, 11) is 3.51. The molecule has 1 aliphatic rings. The van der Waals surface area contributed by atoms with Crippen LogP contribution in [0.1, 0.15) is 49.0 Å². The van der Waals surface area contributed by atoms with E-state index >= 15 is 0 Å². The number of guanidine groups is 1. The van der Waals surface area contributed by atoms with Crippen molar-refractivity contribution in [1.82, 2.24) is 20.4 Å². The van der Waals surface area contributed by atoms with Gasteiger partial charge in [0.1, 0.15) is 0 Å². The Morgan fingerprint density at radius 2 is 2.03 bits per heavy atom. The number of hydrogen-bond donors (Lipinski definition) is 2. The number of hydrogen-bond acceptors (Lipinski definition) is 3. The maximum absolute atomic E-state index is 12.4. The standard InChI is InChI=1S/C23H37N5O2.HI/c1-5-24-23(26-14-12-21(29)28-15-7-8-18(2)17-28)25-13-11-19-9-6-10-20(16-19)22(30)27(3)4;/h6,9-10,16,18H,5,7-8,11-15,17H2,1-4H3,(H2,24,25,26);1H. The quantitative estimate of drug-likeness (QED) is 0.301. The molecule has 1 aromatic rings. The molecular formula is C23H38IN5O2. The van der Waals surface area contributed by atoms with Crippen LogP contribution in [0.25, 0.3) is 0 Å². The van der Waals surface area contributed by atoms with Crippen LogP contribution in [0.3, 0.4) is 0 Å². The lowest BCUT2D eigenvalue weighted by Gasteiger charge is -2.30. The number of aliphatic imine (C=N–C) groups is 1. The third kappa shape index (κ3) is 9.45. The SMILES string of the molecule is CCNC(=NCCC(=O)N1CCCC(C)C1)NCCc1cccc(C(=O)N(C)C)c1.I. The highest BCUT2D eigenvalue weighted by molar-refractivity contribution is 14.0. The van der Waals surface area contributed by atoms with Crippen LogP contribution in [0.2, 0.25) is 0 Å². The van der Waals surface area contributed by atoms with Gasteiger partial charge in [-0.3, -0.25) is 14.6 Å². The number of piperidine rings is 1. The van der Waals surface area contributed by atoms with Crippen molar-refractivity contribution in [3.8, 4) is 0 Å². The minimum Gasteiger partial charge on any atom is -0.357 e. The van der Waals surface area contributed by atoms with Crippen LogP contribution in [0.4, 0.5) is 0 Å². The molecule has 2 rings (SSSR count). The van der Waals surface area contributed by atoms with Crippen molar-refractivity contribution in [3.05, 3.63) is 35.4 Å². The zero-order valence-corrected chi connectivity index (χ0v) is 21.6. The Labute approximate surface area is 204 Å². The van der Waals surface area contributed by atoms with Crippen LogP contribution >= 0.6 is 24.0 Å². The van der Waals surface area contributed by atoms with Gasteiger partial charge in [0.05, 0.1) is 6.54 Å². The maximum Gasteiger partial charge on any atom is 0.253 e. The minimum absolute atomic E-state index is 0. The van der Waals surface area contributed by atoms with Crippen molar-refractivity contribution in [2.75, 3.05) is 46.8 Å². The molecule has 0 saturated carbocycles. The molecule has 1 fully saturated rings. The van der Waals surface area contributed by atoms with E-state index in [2.05, 4.69) is 22.5 Å². The smallest absolute Gasteiger partial charge is 0.253 e. The van der Waals surface area contributed by atoms with E-state index in [4.69, 9.17) is 0 Å². The van der Waals surface area contributed by atoms with Gasteiger partial charge in [-0.25, -0.2) is 0 Å². The van der Waals surface area contributed by atoms with Gasteiger partial charge in [0, 0.05) is 52.3 Å². The molecule has 31 heavy (non-hydrogen) atoms. The molecule has 1 unspecified atom stereocenters.